The second-order valence-corrected chi connectivity index (χ2v) is 12.4. The number of hydrogen-bond donors (Lipinski definition) is 6. The van der Waals surface area contributed by atoms with Gasteiger partial charge >= 0.3 is 5.97 Å². The first-order valence-corrected chi connectivity index (χ1v) is 16.4. The van der Waals surface area contributed by atoms with Gasteiger partial charge in [0.25, 0.3) is 0 Å². The van der Waals surface area contributed by atoms with E-state index in [1.165, 1.54) is 52.7 Å². The Balaban J connectivity index is 1.31. The third-order valence-corrected chi connectivity index (χ3v) is 9.18. The molecular weight excluding hydrogens is 684 g/mol. The van der Waals surface area contributed by atoms with E-state index in [-0.39, 0.29) is 53.6 Å². The lowest BCUT2D eigenvalue weighted by Crippen LogP contribution is -2.59. The Morgan fingerprint density at radius 1 is 0.788 bits per heavy atom. The van der Waals surface area contributed by atoms with Crippen molar-refractivity contribution in [3.63, 3.8) is 0 Å². The summed E-state index contributed by atoms with van der Waals surface area (Å²) in [5.74, 6) is -0.744. The minimum atomic E-state index is -1.69. The summed E-state index contributed by atoms with van der Waals surface area (Å²) >= 11 is 0. The average molecular weight is 729 g/mol. The van der Waals surface area contributed by atoms with Crippen LogP contribution < -0.4 is 18.9 Å². The maximum absolute atomic E-state index is 12.5. The summed E-state index contributed by atoms with van der Waals surface area (Å²) in [6, 6.07) is 12.8. The largest absolute Gasteiger partial charge is 0.504 e. The molecule has 0 radical (unpaired) electrons. The zero-order valence-corrected chi connectivity index (χ0v) is 29.1. The predicted octanol–water partition coefficient (Wildman–Crippen LogP) is 2.47. The topological polar surface area (TPSA) is 212 Å². The summed E-state index contributed by atoms with van der Waals surface area (Å²) < 4.78 is 44.6. The molecule has 2 saturated heterocycles. The number of hydrogen-bond acceptors (Lipinski definition) is 15. The van der Waals surface area contributed by atoms with Crippen molar-refractivity contribution in [2.24, 2.45) is 11.8 Å². The lowest BCUT2D eigenvalue weighted by Gasteiger charge is -2.40. The first kappa shape index (κ1) is 38.5. The van der Waals surface area contributed by atoms with Gasteiger partial charge in [0.05, 0.1) is 47.8 Å². The standard InChI is InChI=1S/C37H44O15/c1-45-26-12-19(5-8-24(26)38)7-10-31(40)49-18-30-33(42)34(43)35(44)37(52-30)51-17-23-22(11-20-6-9-25(39)27(13-20)46-2)16-50-36(23)21-14-28(47-3)32(41)29(15-21)48-4/h5-10,12-15,22-23,30,33-39,41-44H,11,16-18H2,1-4H3/t22-,23-,30+,33+,34-,35+,36+,37+/m0/s1. The van der Waals surface area contributed by atoms with Gasteiger partial charge in [-0.2, -0.15) is 0 Å². The molecule has 0 bridgehead atoms. The van der Waals surface area contributed by atoms with Crippen LogP contribution in [0.5, 0.6) is 40.2 Å². The Kier molecular flexibility index (Phi) is 12.7. The second-order valence-electron chi connectivity index (χ2n) is 12.4. The quantitative estimate of drug-likeness (QED) is 0.104. The summed E-state index contributed by atoms with van der Waals surface area (Å²) in [5.41, 5.74) is 2.02. The molecular formula is C37H44O15. The Labute approximate surface area is 300 Å². The fraction of sp³-hybridized carbons (Fsp3) is 0.432. The van der Waals surface area contributed by atoms with Gasteiger partial charge in [-0.25, -0.2) is 4.79 Å². The van der Waals surface area contributed by atoms with E-state index < -0.39 is 55.3 Å². The van der Waals surface area contributed by atoms with Gasteiger partial charge in [-0.3, -0.25) is 0 Å². The molecule has 5 rings (SSSR count). The van der Waals surface area contributed by atoms with Crippen LogP contribution in [0.4, 0.5) is 0 Å². The number of esters is 1. The molecule has 52 heavy (non-hydrogen) atoms. The van der Waals surface area contributed by atoms with Crippen LogP contribution in [0.2, 0.25) is 0 Å². The molecule has 3 aromatic carbocycles. The van der Waals surface area contributed by atoms with Gasteiger partial charge in [0, 0.05) is 12.0 Å². The molecule has 2 fully saturated rings. The van der Waals surface area contributed by atoms with Crippen LogP contribution in [0.15, 0.2) is 54.6 Å². The molecule has 2 heterocycles. The zero-order valence-electron chi connectivity index (χ0n) is 29.1. The first-order valence-electron chi connectivity index (χ1n) is 16.4. The van der Waals surface area contributed by atoms with Crippen molar-refractivity contribution in [3.8, 4) is 40.2 Å². The van der Waals surface area contributed by atoms with Crippen LogP contribution in [0.25, 0.3) is 6.08 Å². The molecule has 0 aromatic heterocycles. The van der Waals surface area contributed by atoms with Gasteiger partial charge in [0.2, 0.25) is 5.75 Å². The SMILES string of the molecule is COc1cc(C=CC(=O)OC[C@H]2O[C@@H](OC[C@H]3[C@@H](Cc4ccc(O)c(OC)c4)CO[C@@H]3c3cc(OC)c(O)c(OC)c3)[C@H](O)[C@@H](O)[C@@H]2O)ccc1O. The highest BCUT2D eigenvalue weighted by molar-refractivity contribution is 5.87. The number of methoxy groups -OCH3 is 4. The van der Waals surface area contributed by atoms with Crippen molar-refractivity contribution >= 4 is 12.0 Å². The maximum atomic E-state index is 12.5. The molecule has 0 aliphatic carbocycles. The van der Waals surface area contributed by atoms with Gasteiger partial charge in [-0.05, 0) is 71.5 Å². The van der Waals surface area contributed by atoms with Crippen LogP contribution in [-0.4, -0.2) is 116 Å². The molecule has 2 aliphatic rings. The molecule has 0 amide bonds. The van der Waals surface area contributed by atoms with Crippen LogP contribution in [0, 0.1) is 11.8 Å². The van der Waals surface area contributed by atoms with Crippen molar-refractivity contribution in [2.45, 2.75) is 43.2 Å². The van der Waals surface area contributed by atoms with E-state index in [0.29, 0.717) is 23.3 Å². The number of rotatable bonds is 14. The van der Waals surface area contributed by atoms with E-state index in [1.807, 2.05) is 0 Å². The van der Waals surface area contributed by atoms with Crippen molar-refractivity contribution in [2.75, 3.05) is 48.3 Å². The first-order chi connectivity index (χ1) is 25.0. The highest BCUT2D eigenvalue weighted by Gasteiger charge is 2.46. The molecule has 8 atom stereocenters. The lowest BCUT2D eigenvalue weighted by molar-refractivity contribution is -0.304. The number of phenols is 3. The van der Waals surface area contributed by atoms with Crippen molar-refractivity contribution in [1.82, 2.24) is 0 Å². The fourth-order valence-electron chi connectivity index (χ4n) is 6.30. The van der Waals surface area contributed by atoms with Crippen LogP contribution in [0.3, 0.4) is 0 Å². The van der Waals surface area contributed by atoms with E-state index in [2.05, 4.69) is 0 Å². The van der Waals surface area contributed by atoms with E-state index in [1.54, 1.807) is 30.3 Å². The number of carbonyl (C=O) groups is 1. The molecule has 15 nitrogen and oxygen atoms in total. The molecule has 15 heteroatoms. The van der Waals surface area contributed by atoms with E-state index >= 15 is 0 Å². The summed E-state index contributed by atoms with van der Waals surface area (Å²) in [4.78, 5) is 12.5. The zero-order chi connectivity index (χ0) is 37.5. The summed E-state index contributed by atoms with van der Waals surface area (Å²) in [6.45, 7) is -0.252. The summed E-state index contributed by atoms with van der Waals surface area (Å²) in [6.07, 6.45) is -5.19. The molecule has 6 N–H and O–H groups in total. The Morgan fingerprint density at radius 3 is 2.08 bits per heavy atom. The van der Waals surface area contributed by atoms with Crippen molar-refractivity contribution in [1.29, 1.82) is 0 Å². The normalized spacial score (nSPS) is 25.9. The number of ether oxygens (including phenoxy) is 8. The summed E-state index contributed by atoms with van der Waals surface area (Å²) in [7, 11) is 5.67. The lowest BCUT2D eigenvalue weighted by atomic mass is 9.84. The Morgan fingerprint density at radius 2 is 1.42 bits per heavy atom. The Hall–Kier alpha value is -4.77. The molecule has 0 saturated carbocycles. The number of aliphatic hydroxyl groups is 3. The molecule has 2 aliphatic heterocycles. The third-order valence-electron chi connectivity index (χ3n) is 9.18. The number of aromatic hydroxyl groups is 3. The van der Waals surface area contributed by atoms with Crippen molar-refractivity contribution < 1.29 is 73.3 Å². The highest BCUT2D eigenvalue weighted by Crippen LogP contribution is 2.46. The fourth-order valence-corrected chi connectivity index (χ4v) is 6.30. The third kappa shape index (κ3) is 8.63. The average Bonchev–Trinajstić information content (AvgIpc) is 3.55. The number of aliphatic hydroxyl groups excluding tert-OH is 3. The van der Waals surface area contributed by atoms with Crippen LogP contribution in [0.1, 0.15) is 22.8 Å². The molecule has 0 spiro atoms. The predicted molar refractivity (Wildman–Crippen MR) is 183 cm³/mol. The Bertz CT molecular complexity index is 1690. The number of carbonyl (C=O) groups excluding carboxylic acids is 1. The van der Waals surface area contributed by atoms with Gasteiger partial charge in [-0.15, -0.1) is 0 Å². The van der Waals surface area contributed by atoms with Gasteiger partial charge in [0.1, 0.15) is 31.0 Å². The maximum Gasteiger partial charge on any atom is 0.330 e. The van der Waals surface area contributed by atoms with E-state index in [0.717, 1.165) is 11.6 Å². The minimum absolute atomic E-state index is 0.00610. The number of phenolic OH excluding ortho intramolecular Hbond substituents is 3. The highest BCUT2D eigenvalue weighted by atomic mass is 16.7. The molecule has 0 unspecified atom stereocenters. The van der Waals surface area contributed by atoms with Crippen molar-refractivity contribution in [3.05, 3.63) is 71.3 Å². The van der Waals surface area contributed by atoms with Crippen LogP contribution >= 0.6 is 0 Å². The van der Waals surface area contributed by atoms with E-state index in [9.17, 15) is 35.4 Å². The van der Waals surface area contributed by atoms with Crippen LogP contribution in [-0.2, 0) is 30.2 Å². The van der Waals surface area contributed by atoms with Gasteiger partial charge < -0.3 is 68.5 Å². The minimum Gasteiger partial charge on any atom is -0.504 e. The number of benzene rings is 3. The van der Waals surface area contributed by atoms with E-state index in [4.69, 9.17) is 37.9 Å². The second kappa shape index (κ2) is 17.2. The molecule has 282 valence electrons. The van der Waals surface area contributed by atoms with Gasteiger partial charge in [0.15, 0.2) is 40.8 Å². The summed E-state index contributed by atoms with van der Waals surface area (Å²) in [5, 5.41) is 62.6. The monoisotopic (exact) mass is 728 g/mol. The van der Waals surface area contributed by atoms with Gasteiger partial charge in [-0.1, -0.05) is 12.1 Å². The molecule has 3 aromatic rings. The smallest absolute Gasteiger partial charge is 0.330 e.